The van der Waals surface area contributed by atoms with Gasteiger partial charge in [-0.2, -0.15) is 4.98 Å². The molecule has 5 nitrogen and oxygen atoms in total. The lowest BCUT2D eigenvalue weighted by Crippen LogP contribution is -2.40. The number of piperidine rings is 1. The first kappa shape index (κ1) is 13.1. The van der Waals surface area contributed by atoms with E-state index in [-0.39, 0.29) is 0 Å². The van der Waals surface area contributed by atoms with Crippen molar-refractivity contribution in [3.05, 3.63) is 24.2 Å². The smallest absolute Gasteiger partial charge is 0.261 e. The highest BCUT2D eigenvalue weighted by molar-refractivity contribution is 5.69. The van der Waals surface area contributed by atoms with E-state index in [2.05, 4.69) is 33.9 Å². The van der Waals surface area contributed by atoms with Crippen molar-refractivity contribution < 1.29 is 4.52 Å². The summed E-state index contributed by atoms with van der Waals surface area (Å²) in [5.74, 6) is 2.15. The van der Waals surface area contributed by atoms with E-state index in [1.807, 2.05) is 25.3 Å². The predicted molar refractivity (Wildman–Crippen MR) is 77.5 cm³/mol. The molecule has 20 heavy (non-hydrogen) atoms. The first-order valence-electron chi connectivity index (χ1n) is 7.06. The maximum Gasteiger partial charge on any atom is 0.261 e. The molecular weight excluding hydrogens is 252 g/mol. The van der Waals surface area contributed by atoms with Gasteiger partial charge in [0.15, 0.2) is 5.82 Å². The summed E-state index contributed by atoms with van der Waals surface area (Å²) >= 11 is 0. The van der Waals surface area contributed by atoms with Gasteiger partial charge >= 0.3 is 0 Å². The molecule has 0 saturated carbocycles. The Balaban J connectivity index is 1.98. The van der Waals surface area contributed by atoms with Gasteiger partial charge in [0.1, 0.15) is 5.82 Å². The molecule has 0 amide bonds. The number of hydrogen-bond acceptors (Lipinski definition) is 5. The van der Waals surface area contributed by atoms with E-state index in [0.717, 1.165) is 24.5 Å². The maximum absolute atomic E-state index is 5.31. The Labute approximate surface area is 119 Å². The van der Waals surface area contributed by atoms with Gasteiger partial charge in [0.25, 0.3) is 5.89 Å². The minimum absolute atomic E-state index is 0.317. The van der Waals surface area contributed by atoms with Crippen molar-refractivity contribution in [1.29, 1.82) is 0 Å². The zero-order valence-corrected chi connectivity index (χ0v) is 12.3. The molecule has 1 saturated heterocycles. The molecule has 0 radical (unpaired) electrons. The van der Waals surface area contributed by atoms with Gasteiger partial charge in [0.2, 0.25) is 0 Å². The summed E-state index contributed by atoms with van der Waals surface area (Å²) in [6, 6.07) is 3.91. The molecule has 0 atom stereocenters. The zero-order valence-electron chi connectivity index (χ0n) is 12.3. The number of nitrogens with zero attached hydrogens (tertiary/aromatic N) is 4. The standard InChI is InChI=1S/C15H20N4O/c1-11-17-14(20-18-11)12-6-4-8-16-13(12)19-9-5-7-15(2,3)10-19/h4,6,8H,5,7,9-10H2,1-3H3. The van der Waals surface area contributed by atoms with E-state index >= 15 is 0 Å². The van der Waals surface area contributed by atoms with Crippen molar-refractivity contribution in [1.82, 2.24) is 15.1 Å². The first-order valence-corrected chi connectivity index (χ1v) is 7.06. The van der Waals surface area contributed by atoms with Gasteiger partial charge in [-0.1, -0.05) is 19.0 Å². The first-order chi connectivity index (χ1) is 9.55. The van der Waals surface area contributed by atoms with Gasteiger partial charge in [0, 0.05) is 19.3 Å². The summed E-state index contributed by atoms with van der Waals surface area (Å²) in [6.45, 7) is 8.47. The number of hydrogen-bond donors (Lipinski definition) is 0. The molecule has 1 fully saturated rings. The van der Waals surface area contributed by atoms with Crippen LogP contribution in [0.5, 0.6) is 0 Å². The van der Waals surface area contributed by atoms with E-state index in [4.69, 9.17) is 4.52 Å². The van der Waals surface area contributed by atoms with Crippen molar-refractivity contribution in [2.75, 3.05) is 18.0 Å². The average molecular weight is 272 g/mol. The SMILES string of the molecule is Cc1noc(-c2cccnc2N2CCCC(C)(C)C2)n1. The summed E-state index contributed by atoms with van der Waals surface area (Å²) in [6.07, 6.45) is 4.26. The molecule has 3 rings (SSSR count). The second-order valence-corrected chi connectivity index (χ2v) is 6.21. The van der Waals surface area contributed by atoms with Crippen molar-refractivity contribution in [3.8, 4) is 11.5 Å². The summed E-state index contributed by atoms with van der Waals surface area (Å²) in [4.78, 5) is 11.2. The Morgan fingerprint density at radius 1 is 1.35 bits per heavy atom. The molecule has 0 N–H and O–H groups in total. The predicted octanol–water partition coefficient (Wildman–Crippen LogP) is 3.07. The Bertz CT molecular complexity index is 605. The largest absolute Gasteiger partial charge is 0.355 e. The number of aromatic nitrogens is 3. The molecule has 1 aliphatic rings. The molecule has 0 unspecified atom stereocenters. The third-order valence-corrected chi connectivity index (χ3v) is 3.74. The van der Waals surface area contributed by atoms with Gasteiger partial charge in [0.05, 0.1) is 5.56 Å². The Hall–Kier alpha value is -1.91. The zero-order chi connectivity index (χ0) is 14.2. The molecule has 0 aliphatic carbocycles. The van der Waals surface area contributed by atoms with Gasteiger partial charge in [-0.25, -0.2) is 4.98 Å². The normalized spacial score (nSPS) is 18.2. The van der Waals surface area contributed by atoms with Crippen LogP contribution >= 0.6 is 0 Å². The van der Waals surface area contributed by atoms with Crippen LogP contribution in [-0.2, 0) is 0 Å². The molecule has 5 heteroatoms. The van der Waals surface area contributed by atoms with E-state index in [0.29, 0.717) is 17.1 Å². The molecule has 2 aromatic heterocycles. The van der Waals surface area contributed by atoms with E-state index < -0.39 is 0 Å². The fourth-order valence-corrected chi connectivity index (χ4v) is 2.83. The minimum Gasteiger partial charge on any atom is -0.355 e. The quantitative estimate of drug-likeness (QED) is 0.841. The van der Waals surface area contributed by atoms with E-state index in [1.54, 1.807) is 0 Å². The molecule has 1 aliphatic heterocycles. The van der Waals surface area contributed by atoms with Gasteiger partial charge in [-0.05, 0) is 37.3 Å². The molecule has 3 heterocycles. The summed E-state index contributed by atoms with van der Waals surface area (Å²) < 4.78 is 5.31. The maximum atomic E-state index is 5.31. The fraction of sp³-hybridized carbons (Fsp3) is 0.533. The fourth-order valence-electron chi connectivity index (χ4n) is 2.83. The lowest BCUT2D eigenvalue weighted by molar-refractivity contribution is 0.292. The van der Waals surface area contributed by atoms with Gasteiger partial charge in [-0.15, -0.1) is 0 Å². The highest BCUT2D eigenvalue weighted by Gasteiger charge is 2.29. The third kappa shape index (κ3) is 2.53. The summed E-state index contributed by atoms with van der Waals surface area (Å²) in [5, 5.41) is 3.88. The highest BCUT2D eigenvalue weighted by atomic mass is 16.5. The van der Waals surface area contributed by atoms with Crippen molar-refractivity contribution >= 4 is 5.82 Å². The van der Waals surface area contributed by atoms with Crippen LogP contribution in [0.2, 0.25) is 0 Å². The minimum atomic E-state index is 0.317. The van der Waals surface area contributed by atoms with Crippen molar-refractivity contribution in [3.63, 3.8) is 0 Å². The highest BCUT2D eigenvalue weighted by Crippen LogP contribution is 2.34. The van der Waals surface area contributed by atoms with Crippen LogP contribution in [0.25, 0.3) is 11.5 Å². The van der Waals surface area contributed by atoms with E-state index in [1.165, 1.54) is 12.8 Å². The molecule has 106 valence electrons. The number of pyridine rings is 1. The van der Waals surface area contributed by atoms with Crippen molar-refractivity contribution in [2.45, 2.75) is 33.6 Å². The third-order valence-electron chi connectivity index (χ3n) is 3.74. The van der Waals surface area contributed by atoms with Gasteiger partial charge < -0.3 is 9.42 Å². The van der Waals surface area contributed by atoms with Crippen LogP contribution in [0.1, 0.15) is 32.5 Å². The molecular formula is C15H20N4O. The van der Waals surface area contributed by atoms with Crippen LogP contribution < -0.4 is 4.90 Å². The monoisotopic (exact) mass is 272 g/mol. The second-order valence-electron chi connectivity index (χ2n) is 6.21. The second kappa shape index (κ2) is 4.89. The van der Waals surface area contributed by atoms with Crippen LogP contribution in [0.4, 0.5) is 5.82 Å². The van der Waals surface area contributed by atoms with Crippen LogP contribution in [-0.4, -0.2) is 28.2 Å². The number of anilines is 1. The number of rotatable bonds is 2. The van der Waals surface area contributed by atoms with Crippen LogP contribution in [0.15, 0.2) is 22.9 Å². The number of aryl methyl sites for hydroxylation is 1. The molecule has 2 aromatic rings. The molecule has 0 bridgehead atoms. The topological polar surface area (TPSA) is 55.1 Å². The molecule has 0 spiro atoms. The van der Waals surface area contributed by atoms with Gasteiger partial charge in [-0.3, -0.25) is 0 Å². The van der Waals surface area contributed by atoms with Crippen LogP contribution in [0, 0.1) is 12.3 Å². The van der Waals surface area contributed by atoms with E-state index in [9.17, 15) is 0 Å². The Morgan fingerprint density at radius 2 is 2.20 bits per heavy atom. The van der Waals surface area contributed by atoms with Crippen molar-refractivity contribution in [2.24, 2.45) is 5.41 Å². The lowest BCUT2D eigenvalue weighted by atomic mass is 9.84. The average Bonchev–Trinajstić information content (AvgIpc) is 2.84. The Morgan fingerprint density at radius 3 is 2.90 bits per heavy atom. The lowest BCUT2D eigenvalue weighted by Gasteiger charge is -2.39. The Kier molecular flexibility index (Phi) is 3.20. The van der Waals surface area contributed by atoms with Crippen LogP contribution in [0.3, 0.4) is 0 Å². The summed E-state index contributed by atoms with van der Waals surface area (Å²) in [7, 11) is 0. The summed E-state index contributed by atoms with van der Waals surface area (Å²) in [5.41, 5.74) is 1.24. The molecule has 0 aromatic carbocycles.